The predicted molar refractivity (Wildman–Crippen MR) is 61.6 cm³/mol. The lowest BCUT2D eigenvalue weighted by atomic mass is 10.0. The van der Waals surface area contributed by atoms with Crippen LogP contribution in [0.4, 0.5) is 22.0 Å². The van der Waals surface area contributed by atoms with Crippen molar-refractivity contribution < 1.29 is 22.0 Å². The van der Waals surface area contributed by atoms with Crippen LogP contribution in [0.3, 0.4) is 0 Å². The summed E-state index contributed by atoms with van der Waals surface area (Å²) < 4.78 is 66.8. The number of nitriles is 1. The first-order valence-corrected chi connectivity index (χ1v) is 5.49. The molecule has 2 aromatic rings. The average molecular weight is 300 g/mol. The number of nitrogens with zero attached hydrogens (tertiary/aromatic N) is 1. The molecule has 8 heteroatoms. The lowest BCUT2D eigenvalue weighted by Gasteiger charge is -2.11. The summed E-state index contributed by atoms with van der Waals surface area (Å²) in [4.78, 5) is 13.3. The van der Waals surface area contributed by atoms with E-state index in [9.17, 15) is 26.7 Å². The van der Waals surface area contributed by atoms with E-state index in [0.29, 0.717) is 0 Å². The van der Waals surface area contributed by atoms with Crippen molar-refractivity contribution >= 4 is 0 Å². The van der Waals surface area contributed by atoms with E-state index in [-0.39, 0.29) is 5.69 Å². The monoisotopic (exact) mass is 300 g/mol. The molecule has 0 fully saturated rings. The lowest BCUT2D eigenvalue weighted by molar-refractivity contribution is 0.381. The SMILES string of the molecule is N#CCc1[nH]c(=O)ccc1-c1c(F)c(F)c(F)c(F)c1F. The molecule has 1 aromatic heterocycles. The van der Waals surface area contributed by atoms with Crippen LogP contribution in [-0.2, 0) is 6.42 Å². The summed E-state index contributed by atoms with van der Waals surface area (Å²) in [7, 11) is 0. The first-order valence-electron chi connectivity index (χ1n) is 5.49. The van der Waals surface area contributed by atoms with Crippen molar-refractivity contribution in [3.63, 3.8) is 0 Å². The molecule has 0 aliphatic heterocycles. The molecule has 0 saturated heterocycles. The van der Waals surface area contributed by atoms with Gasteiger partial charge in [-0.3, -0.25) is 4.79 Å². The minimum Gasteiger partial charge on any atom is -0.325 e. The van der Waals surface area contributed by atoms with Crippen molar-refractivity contribution in [3.8, 4) is 17.2 Å². The highest BCUT2D eigenvalue weighted by molar-refractivity contribution is 5.68. The van der Waals surface area contributed by atoms with Crippen molar-refractivity contribution in [1.29, 1.82) is 5.26 Å². The zero-order valence-electron chi connectivity index (χ0n) is 10.1. The highest BCUT2D eigenvalue weighted by Gasteiger charge is 2.27. The Kier molecular flexibility index (Phi) is 3.76. The fourth-order valence-corrected chi connectivity index (χ4v) is 1.81. The number of hydrogen-bond donors (Lipinski definition) is 1. The number of benzene rings is 1. The molecule has 1 heterocycles. The van der Waals surface area contributed by atoms with Gasteiger partial charge in [0.05, 0.1) is 18.1 Å². The van der Waals surface area contributed by atoms with E-state index in [0.717, 1.165) is 12.1 Å². The van der Waals surface area contributed by atoms with E-state index in [1.165, 1.54) is 0 Å². The second kappa shape index (κ2) is 5.36. The van der Waals surface area contributed by atoms with Crippen molar-refractivity contribution in [1.82, 2.24) is 4.98 Å². The van der Waals surface area contributed by atoms with Gasteiger partial charge in [-0.15, -0.1) is 0 Å². The topological polar surface area (TPSA) is 56.6 Å². The third kappa shape index (κ3) is 2.38. The standard InChI is InChI=1S/C13H5F5N2O/c14-9-8(10(15)12(17)13(18)11(9)16)5-1-2-7(21)20-6(5)3-4-19/h1-2H,3H2,(H,20,21). The number of aromatic nitrogens is 1. The Balaban J connectivity index is 2.86. The predicted octanol–water partition coefficient (Wildman–Crippen LogP) is 2.80. The summed E-state index contributed by atoms with van der Waals surface area (Å²) >= 11 is 0. The Labute approximate surface area is 114 Å². The zero-order chi connectivity index (χ0) is 15.7. The van der Waals surface area contributed by atoms with E-state index in [1.54, 1.807) is 6.07 Å². The summed E-state index contributed by atoms with van der Waals surface area (Å²) in [6, 6.07) is 3.37. The molecular weight excluding hydrogens is 295 g/mol. The molecule has 0 saturated carbocycles. The molecule has 0 radical (unpaired) electrons. The molecule has 21 heavy (non-hydrogen) atoms. The summed E-state index contributed by atoms with van der Waals surface area (Å²) in [5.41, 5.74) is -2.54. The largest absolute Gasteiger partial charge is 0.325 e. The third-order valence-corrected chi connectivity index (χ3v) is 2.74. The van der Waals surface area contributed by atoms with Crippen LogP contribution in [0.15, 0.2) is 16.9 Å². The molecule has 1 aromatic carbocycles. The maximum Gasteiger partial charge on any atom is 0.248 e. The molecule has 0 amide bonds. The number of H-pyrrole nitrogens is 1. The van der Waals surface area contributed by atoms with Crippen LogP contribution in [-0.4, -0.2) is 4.98 Å². The number of nitrogens with one attached hydrogen (secondary N) is 1. The van der Waals surface area contributed by atoms with Crippen LogP contribution < -0.4 is 5.56 Å². The number of halogens is 5. The molecule has 0 atom stereocenters. The van der Waals surface area contributed by atoms with Crippen molar-refractivity contribution in [3.05, 3.63) is 57.3 Å². The van der Waals surface area contributed by atoms with Crippen LogP contribution >= 0.6 is 0 Å². The molecule has 0 unspecified atom stereocenters. The smallest absolute Gasteiger partial charge is 0.248 e. The van der Waals surface area contributed by atoms with Crippen molar-refractivity contribution in [2.24, 2.45) is 0 Å². The van der Waals surface area contributed by atoms with Crippen molar-refractivity contribution in [2.45, 2.75) is 6.42 Å². The van der Waals surface area contributed by atoms with E-state index >= 15 is 0 Å². The van der Waals surface area contributed by atoms with Crippen molar-refractivity contribution in [2.75, 3.05) is 0 Å². The van der Waals surface area contributed by atoms with Gasteiger partial charge in [0.15, 0.2) is 23.3 Å². The molecule has 1 N–H and O–H groups in total. The zero-order valence-corrected chi connectivity index (χ0v) is 10.1. The van der Waals surface area contributed by atoms with Gasteiger partial charge < -0.3 is 4.98 Å². The number of hydrogen-bond acceptors (Lipinski definition) is 2. The second-order valence-corrected chi connectivity index (χ2v) is 3.99. The second-order valence-electron chi connectivity index (χ2n) is 3.99. The number of pyridine rings is 1. The molecule has 0 aliphatic carbocycles. The van der Waals surface area contributed by atoms with Gasteiger partial charge in [-0.25, -0.2) is 22.0 Å². The molecule has 0 spiro atoms. The molecular formula is C13H5F5N2O. The van der Waals surface area contributed by atoms with Gasteiger partial charge in [0.2, 0.25) is 11.4 Å². The Hall–Kier alpha value is -2.69. The quantitative estimate of drug-likeness (QED) is 0.527. The summed E-state index contributed by atoms with van der Waals surface area (Å²) in [6.07, 6.45) is -0.467. The fraction of sp³-hybridized carbons (Fsp3) is 0.0769. The fourth-order valence-electron chi connectivity index (χ4n) is 1.81. The Morgan fingerprint density at radius 1 is 0.952 bits per heavy atom. The summed E-state index contributed by atoms with van der Waals surface area (Å²) in [5, 5.41) is 8.61. The highest BCUT2D eigenvalue weighted by atomic mass is 19.2. The first-order chi connectivity index (χ1) is 9.88. The molecule has 3 nitrogen and oxygen atoms in total. The Morgan fingerprint density at radius 2 is 1.48 bits per heavy atom. The van der Waals surface area contributed by atoms with Crippen LogP contribution in [0.5, 0.6) is 0 Å². The van der Waals surface area contributed by atoms with E-state index in [2.05, 4.69) is 4.98 Å². The van der Waals surface area contributed by atoms with Crippen LogP contribution in [0.25, 0.3) is 11.1 Å². The number of aromatic amines is 1. The third-order valence-electron chi connectivity index (χ3n) is 2.74. The van der Waals surface area contributed by atoms with Gasteiger partial charge in [-0.2, -0.15) is 5.26 Å². The van der Waals surface area contributed by atoms with Gasteiger partial charge in [0, 0.05) is 17.3 Å². The van der Waals surface area contributed by atoms with Gasteiger partial charge in [-0.05, 0) is 6.07 Å². The van der Waals surface area contributed by atoms with E-state index in [4.69, 9.17) is 5.26 Å². The minimum atomic E-state index is -2.28. The van der Waals surface area contributed by atoms with E-state index in [1.807, 2.05) is 0 Å². The maximum absolute atomic E-state index is 13.7. The first kappa shape index (κ1) is 14.7. The van der Waals surface area contributed by atoms with E-state index < -0.39 is 52.2 Å². The number of rotatable bonds is 2. The van der Waals surface area contributed by atoms with Gasteiger partial charge in [0.25, 0.3) is 0 Å². The average Bonchev–Trinajstić information content (AvgIpc) is 2.46. The van der Waals surface area contributed by atoms with Gasteiger partial charge >= 0.3 is 0 Å². The maximum atomic E-state index is 13.7. The molecule has 0 bridgehead atoms. The molecule has 0 aliphatic rings. The Bertz CT molecular complexity index is 794. The summed E-state index contributed by atoms with van der Waals surface area (Å²) in [6.45, 7) is 0. The normalized spacial score (nSPS) is 10.5. The van der Waals surface area contributed by atoms with Crippen LogP contribution in [0.2, 0.25) is 0 Å². The highest BCUT2D eigenvalue weighted by Crippen LogP contribution is 2.32. The molecule has 2 rings (SSSR count). The summed E-state index contributed by atoms with van der Waals surface area (Å²) in [5.74, 6) is -10.5. The van der Waals surface area contributed by atoms with Gasteiger partial charge in [0.1, 0.15) is 0 Å². The molecule has 108 valence electrons. The lowest BCUT2D eigenvalue weighted by Crippen LogP contribution is -2.11. The minimum absolute atomic E-state index is 0.242. The Morgan fingerprint density at radius 3 is 2.00 bits per heavy atom. The van der Waals surface area contributed by atoms with Gasteiger partial charge in [-0.1, -0.05) is 0 Å². The van der Waals surface area contributed by atoms with Crippen LogP contribution in [0.1, 0.15) is 5.69 Å². The van der Waals surface area contributed by atoms with Crippen LogP contribution in [0, 0.1) is 40.4 Å².